The highest BCUT2D eigenvalue weighted by Gasteiger charge is 2.10. The molecule has 2 rings (SSSR count). The van der Waals surface area contributed by atoms with Crippen molar-refractivity contribution in [1.29, 1.82) is 0 Å². The first-order chi connectivity index (χ1) is 9.08. The number of nitrogens with two attached hydrogens (primary N) is 1. The first kappa shape index (κ1) is 12.8. The minimum absolute atomic E-state index is 0.0912. The van der Waals surface area contributed by atoms with Crippen LogP contribution in [0.25, 0.3) is 0 Å². The fraction of sp³-hybridized carbons (Fsp3) is 0.200. The third-order valence-electron chi connectivity index (χ3n) is 2.39. The number of hydrogen-bond donors (Lipinski definition) is 3. The first-order valence-electron chi connectivity index (χ1n) is 5.44. The van der Waals surface area contributed by atoms with Crippen molar-refractivity contribution in [3.8, 4) is 0 Å². The number of pyridine rings is 1. The van der Waals surface area contributed by atoms with Gasteiger partial charge in [0.05, 0.1) is 29.3 Å². The van der Waals surface area contributed by atoms with Crippen molar-refractivity contribution in [3.63, 3.8) is 0 Å². The van der Waals surface area contributed by atoms with Crippen molar-refractivity contribution in [2.24, 2.45) is 12.9 Å². The monoisotopic (exact) mass is 263 g/mol. The Morgan fingerprint density at radius 2 is 2.21 bits per heavy atom. The standard InChI is InChI=1S/C10H13N7O2/c1-16-3-2-7(15-16)6-12-9-4-8(17(18)19)5-10(13-9)14-11/h2-5H,6,11H2,1H3,(H2,12,13,14). The molecule has 0 amide bonds. The van der Waals surface area contributed by atoms with Crippen LogP contribution in [0, 0.1) is 10.1 Å². The number of hydrazine groups is 1. The quantitative estimate of drug-likeness (QED) is 0.410. The van der Waals surface area contributed by atoms with Gasteiger partial charge in [0.25, 0.3) is 5.69 Å². The van der Waals surface area contributed by atoms with Gasteiger partial charge in [0.2, 0.25) is 0 Å². The average Bonchev–Trinajstić information content (AvgIpc) is 2.81. The number of hydrogen-bond acceptors (Lipinski definition) is 7. The second-order valence-electron chi connectivity index (χ2n) is 3.83. The maximum atomic E-state index is 10.8. The van der Waals surface area contributed by atoms with E-state index in [1.807, 2.05) is 19.3 Å². The highest BCUT2D eigenvalue weighted by molar-refractivity contribution is 5.54. The van der Waals surface area contributed by atoms with Crippen molar-refractivity contribution in [1.82, 2.24) is 14.8 Å². The number of aromatic nitrogens is 3. The summed E-state index contributed by atoms with van der Waals surface area (Å²) >= 11 is 0. The van der Waals surface area contributed by atoms with Gasteiger partial charge in [0.1, 0.15) is 11.6 Å². The molecule has 9 heteroatoms. The van der Waals surface area contributed by atoms with Crippen LogP contribution in [0.2, 0.25) is 0 Å². The highest BCUT2D eigenvalue weighted by atomic mass is 16.6. The summed E-state index contributed by atoms with van der Waals surface area (Å²) in [6.45, 7) is 0.416. The molecule has 0 atom stereocenters. The van der Waals surface area contributed by atoms with Crippen LogP contribution < -0.4 is 16.6 Å². The van der Waals surface area contributed by atoms with Gasteiger partial charge >= 0.3 is 0 Å². The molecular weight excluding hydrogens is 250 g/mol. The van der Waals surface area contributed by atoms with Crippen molar-refractivity contribution in [2.75, 3.05) is 10.7 Å². The normalized spacial score (nSPS) is 10.2. The fourth-order valence-electron chi connectivity index (χ4n) is 1.52. The summed E-state index contributed by atoms with van der Waals surface area (Å²) < 4.78 is 1.67. The van der Waals surface area contributed by atoms with Crippen molar-refractivity contribution >= 4 is 17.3 Å². The second-order valence-corrected chi connectivity index (χ2v) is 3.83. The van der Waals surface area contributed by atoms with E-state index in [1.54, 1.807) is 4.68 Å². The molecular formula is C10H13N7O2. The molecule has 4 N–H and O–H groups in total. The minimum Gasteiger partial charge on any atom is -0.364 e. The van der Waals surface area contributed by atoms with Crippen LogP contribution >= 0.6 is 0 Å². The molecule has 0 unspecified atom stereocenters. The molecule has 19 heavy (non-hydrogen) atoms. The van der Waals surface area contributed by atoms with Gasteiger partial charge in [-0.05, 0) is 6.07 Å². The zero-order valence-corrected chi connectivity index (χ0v) is 10.2. The van der Waals surface area contributed by atoms with Crippen LogP contribution in [0.15, 0.2) is 24.4 Å². The van der Waals surface area contributed by atoms with E-state index in [2.05, 4.69) is 20.8 Å². The van der Waals surface area contributed by atoms with Crippen LogP contribution in [0.1, 0.15) is 5.69 Å². The lowest BCUT2D eigenvalue weighted by atomic mass is 10.3. The van der Waals surface area contributed by atoms with Crippen LogP contribution in [0.3, 0.4) is 0 Å². The summed E-state index contributed by atoms with van der Waals surface area (Å²) in [4.78, 5) is 14.3. The summed E-state index contributed by atoms with van der Waals surface area (Å²) in [6, 6.07) is 4.43. The molecule has 0 saturated heterocycles. The second kappa shape index (κ2) is 5.31. The third-order valence-corrected chi connectivity index (χ3v) is 2.39. The lowest BCUT2D eigenvalue weighted by molar-refractivity contribution is -0.384. The molecule has 0 radical (unpaired) electrons. The molecule has 100 valence electrons. The number of aryl methyl sites for hydroxylation is 1. The maximum absolute atomic E-state index is 10.8. The number of nitro groups is 1. The Kier molecular flexibility index (Phi) is 3.57. The molecule has 0 saturated carbocycles. The molecule has 0 aliphatic rings. The molecule has 0 aliphatic carbocycles. The molecule has 0 fully saturated rings. The molecule has 0 spiro atoms. The Morgan fingerprint density at radius 3 is 2.79 bits per heavy atom. The molecule has 2 aromatic rings. The Labute approximate surface area is 108 Å². The number of anilines is 2. The van der Waals surface area contributed by atoms with E-state index < -0.39 is 4.92 Å². The van der Waals surface area contributed by atoms with Gasteiger partial charge in [-0.3, -0.25) is 14.8 Å². The summed E-state index contributed by atoms with van der Waals surface area (Å²) in [7, 11) is 1.81. The van der Waals surface area contributed by atoms with Crippen LogP contribution in [-0.4, -0.2) is 19.7 Å². The Morgan fingerprint density at radius 1 is 1.47 bits per heavy atom. The summed E-state index contributed by atoms with van der Waals surface area (Å²) in [5, 5.41) is 17.9. The molecule has 2 heterocycles. The number of nitrogens with zero attached hydrogens (tertiary/aromatic N) is 4. The smallest absolute Gasteiger partial charge is 0.276 e. The van der Waals surface area contributed by atoms with Gasteiger partial charge < -0.3 is 10.7 Å². The largest absolute Gasteiger partial charge is 0.364 e. The average molecular weight is 263 g/mol. The third kappa shape index (κ3) is 3.16. The van der Waals surface area contributed by atoms with Crippen LogP contribution in [0.5, 0.6) is 0 Å². The van der Waals surface area contributed by atoms with Gasteiger partial charge in [-0.15, -0.1) is 0 Å². The Balaban J connectivity index is 2.15. The van der Waals surface area contributed by atoms with E-state index in [-0.39, 0.29) is 11.5 Å². The first-order valence-corrected chi connectivity index (χ1v) is 5.44. The molecule has 0 aliphatic heterocycles. The van der Waals surface area contributed by atoms with Gasteiger partial charge in [-0.2, -0.15) is 5.10 Å². The predicted molar refractivity (Wildman–Crippen MR) is 69.2 cm³/mol. The van der Waals surface area contributed by atoms with Gasteiger partial charge in [0.15, 0.2) is 0 Å². The van der Waals surface area contributed by atoms with Crippen LogP contribution in [-0.2, 0) is 13.6 Å². The molecule has 2 aromatic heterocycles. The summed E-state index contributed by atoms with van der Waals surface area (Å²) in [6.07, 6.45) is 1.81. The fourth-order valence-corrected chi connectivity index (χ4v) is 1.52. The van der Waals surface area contributed by atoms with Gasteiger partial charge in [-0.25, -0.2) is 10.8 Å². The predicted octanol–water partition coefficient (Wildman–Crippen LogP) is 0.621. The zero-order valence-electron chi connectivity index (χ0n) is 10.2. The molecule has 9 nitrogen and oxygen atoms in total. The molecule has 0 aromatic carbocycles. The van der Waals surface area contributed by atoms with E-state index in [4.69, 9.17) is 5.84 Å². The van der Waals surface area contributed by atoms with Crippen LogP contribution in [0.4, 0.5) is 17.3 Å². The van der Waals surface area contributed by atoms with E-state index in [9.17, 15) is 10.1 Å². The number of rotatable bonds is 5. The van der Waals surface area contributed by atoms with Crippen molar-refractivity contribution < 1.29 is 4.92 Å². The summed E-state index contributed by atoms with van der Waals surface area (Å²) in [5.41, 5.74) is 3.00. The van der Waals surface area contributed by atoms with E-state index in [1.165, 1.54) is 12.1 Å². The van der Waals surface area contributed by atoms with E-state index in [0.717, 1.165) is 5.69 Å². The lowest BCUT2D eigenvalue weighted by Crippen LogP contribution is -2.11. The minimum atomic E-state index is -0.505. The maximum Gasteiger partial charge on any atom is 0.276 e. The Bertz CT molecular complexity index is 595. The van der Waals surface area contributed by atoms with Gasteiger partial charge in [-0.1, -0.05) is 0 Å². The SMILES string of the molecule is Cn1ccc(CNc2cc([N+](=O)[O-])cc(NN)n2)n1. The zero-order chi connectivity index (χ0) is 13.8. The van der Waals surface area contributed by atoms with Gasteiger partial charge in [0, 0.05) is 13.2 Å². The molecule has 0 bridgehead atoms. The number of nitrogen functional groups attached to an aromatic ring is 1. The number of nitrogens with one attached hydrogen (secondary N) is 2. The summed E-state index contributed by atoms with van der Waals surface area (Å²) in [5.74, 6) is 5.79. The van der Waals surface area contributed by atoms with E-state index >= 15 is 0 Å². The lowest BCUT2D eigenvalue weighted by Gasteiger charge is -2.06. The van der Waals surface area contributed by atoms with Crippen molar-refractivity contribution in [2.45, 2.75) is 6.54 Å². The van der Waals surface area contributed by atoms with E-state index in [0.29, 0.717) is 12.4 Å². The Hall–Kier alpha value is -2.68. The highest BCUT2D eigenvalue weighted by Crippen LogP contribution is 2.20. The topological polar surface area (TPSA) is 124 Å². The van der Waals surface area contributed by atoms with Crippen molar-refractivity contribution in [3.05, 3.63) is 40.2 Å².